The van der Waals surface area contributed by atoms with E-state index in [1.54, 1.807) is 11.9 Å². The fourth-order valence-electron chi connectivity index (χ4n) is 3.04. The number of ether oxygens (including phenoxy) is 1. The van der Waals surface area contributed by atoms with Crippen LogP contribution < -0.4 is 15.0 Å². The van der Waals surface area contributed by atoms with Crippen LogP contribution in [0, 0.1) is 0 Å². The molecule has 2 aliphatic heterocycles. The average Bonchev–Trinajstić information content (AvgIpc) is 2.86. The summed E-state index contributed by atoms with van der Waals surface area (Å²) in [7, 11) is 1.72. The number of nitrogens with zero attached hydrogens (tertiary/aromatic N) is 1. The van der Waals surface area contributed by atoms with Crippen LogP contribution in [-0.2, 0) is 9.59 Å². The van der Waals surface area contributed by atoms with Crippen molar-refractivity contribution in [1.29, 1.82) is 0 Å². The zero-order valence-corrected chi connectivity index (χ0v) is 14.6. The van der Waals surface area contributed by atoms with Gasteiger partial charge in [0.1, 0.15) is 5.75 Å². The highest BCUT2D eigenvalue weighted by Crippen LogP contribution is 2.46. The lowest BCUT2D eigenvalue weighted by molar-refractivity contribution is -0.114. The maximum Gasteiger partial charge on any atom is 0.263 e. The lowest BCUT2D eigenvalue weighted by Gasteiger charge is -2.20. The van der Waals surface area contributed by atoms with E-state index in [1.807, 2.05) is 49.4 Å². The minimum Gasteiger partial charge on any atom is -0.494 e. The monoisotopic (exact) mass is 352 g/mol. The fourth-order valence-corrected chi connectivity index (χ4v) is 4.10. The molecule has 0 bridgehead atoms. The lowest BCUT2D eigenvalue weighted by Crippen LogP contribution is -2.24. The van der Waals surface area contributed by atoms with Crippen molar-refractivity contribution in [3.63, 3.8) is 0 Å². The third-order valence-corrected chi connectivity index (χ3v) is 5.36. The maximum absolute atomic E-state index is 12.7. The largest absolute Gasteiger partial charge is 0.494 e. The Morgan fingerprint density at radius 1 is 1.16 bits per heavy atom. The quantitative estimate of drug-likeness (QED) is 0.840. The van der Waals surface area contributed by atoms with E-state index in [0.29, 0.717) is 17.1 Å². The van der Waals surface area contributed by atoms with Crippen LogP contribution in [0.5, 0.6) is 5.75 Å². The van der Waals surface area contributed by atoms with Gasteiger partial charge in [0.15, 0.2) is 0 Å². The number of anilines is 2. The number of hydrogen-bond acceptors (Lipinski definition) is 4. The third-order valence-electron chi connectivity index (χ3n) is 4.21. The maximum atomic E-state index is 12.7. The molecule has 0 saturated heterocycles. The number of carbonyl (C=O) groups excluding carboxylic acids is 2. The fraction of sp³-hybridized carbons (Fsp3) is 0.158. The molecule has 2 aromatic carbocycles. The molecular weight excluding hydrogens is 336 g/mol. The molecule has 2 aliphatic rings. The number of fused-ring (bicyclic) bond motifs is 2. The predicted octanol–water partition coefficient (Wildman–Crippen LogP) is 3.52. The molecule has 0 radical (unpaired) electrons. The van der Waals surface area contributed by atoms with E-state index in [0.717, 1.165) is 27.6 Å². The van der Waals surface area contributed by atoms with Gasteiger partial charge in [0.25, 0.3) is 11.8 Å². The number of nitrogens with one attached hydrogen (secondary N) is 1. The lowest BCUT2D eigenvalue weighted by atomic mass is 10.1. The van der Waals surface area contributed by atoms with Crippen molar-refractivity contribution in [2.75, 3.05) is 23.9 Å². The summed E-state index contributed by atoms with van der Waals surface area (Å²) < 4.78 is 5.54. The number of amides is 2. The summed E-state index contributed by atoms with van der Waals surface area (Å²) in [6, 6.07) is 13.0. The van der Waals surface area contributed by atoms with Crippen LogP contribution in [0.2, 0.25) is 0 Å². The number of likely N-dealkylation sites (N-methyl/N-ethyl adjacent to an activating group) is 1. The van der Waals surface area contributed by atoms with Gasteiger partial charge in [0, 0.05) is 17.5 Å². The van der Waals surface area contributed by atoms with Crippen molar-refractivity contribution in [2.45, 2.75) is 11.8 Å². The first-order chi connectivity index (χ1) is 12.1. The summed E-state index contributed by atoms with van der Waals surface area (Å²) >= 11 is 1.31. The summed E-state index contributed by atoms with van der Waals surface area (Å²) in [5, 5.41) is 2.88. The molecule has 25 heavy (non-hydrogen) atoms. The Hall–Kier alpha value is -2.73. The number of carbonyl (C=O) groups is 2. The topological polar surface area (TPSA) is 58.6 Å². The first-order valence-corrected chi connectivity index (χ1v) is 8.79. The van der Waals surface area contributed by atoms with E-state index in [2.05, 4.69) is 5.32 Å². The van der Waals surface area contributed by atoms with Gasteiger partial charge in [-0.1, -0.05) is 30.0 Å². The van der Waals surface area contributed by atoms with E-state index in [4.69, 9.17) is 4.74 Å². The molecule has 2 amide bonds. The van der Waals surface area contributed by atoms with Crippen LogP contribution in [-0.4, -0.2) is 25.5 Å². The van der Waals surface area contributed by atoms with Crippen molar-refractivity contribution in [1.82, 2.24) is 0 Å². The zero-order valence-electron chi connectivity index (χ0n) is 13.8. The normalized spacial score (nSPS) is 18.7. The van der Waals surface area contributed by atoms with Crippen LogP contribution in [0.1, 0.15) is 12.5 Å². The van der Waals surface area contributed by atoms with Gasteiger partial charge in [0.2, 0.25) is 0 Å². The number of hydrogen-bond donors (Lipinski definition) is 1. The summed E-state index contributed by atoms with van der Waals surface area (Å²) in [6.07, 6.45) is 0. The third kappa shape index (κ3) is 2.49. The second-order valence-electron chi connectivity index (χ2n) is 5.73. The standard InChI is InChI=1S/C19H16N2O3S/c1-3-24-11-8-9-13-15(10-11)25-17(18(22)20-13)16-12-6-4-5-7-14(12)21(2)19(16)23/h4-10H,3H2,1-2H3,(H,20,22). The smallest absolute Gasteiger partial charge is 0.263 e. The minimum atomic E-state index is -0.255. The molecule has 2 heterocycles. The van der Waals surface area contributed by atoms with Crippen LogP contribution in [0.4, 0.5) is 11.4 Å². The molecule has 1 N–H and O–H groups in total. The van der Waals surface area contributed by atoms with Crippen molar-refractivity contribution in [3.8, 4) is 5.75 Å². The molecule has 2 aromatic rings. The summed E-state index contributed by atoms with van der Waals surface area (Å²) in [5.74, 6) is 0.322. The van der Waals surface area contributed by atoms with Gasteiger partial charge in [-0.3, -0.25) is 9.59 Å². The van der Waals surface area contributed by atoms with Gasteiger partial charge in [-0.15, -0.1) is 0 Å². The van der Waals surface area contributed by atoms with Gasteiger partial charge < -0.3 is 15.0 Å². The van der Waals surface area contributed by atoms with E-state index in [1.165, 1.54) is 11.8 Å². The molecule has 0 unspecified atom stereocenters. The Morgan fingerprint density at radius 2 is 1.96 bits per heavy atom. The highest BCUT2D eigenvalue weighted by Gasteiger charge is 2.36. The SMILES string of the molecule is CCOc1ccc2c(c1)SC(=C1C(=O)N(C)c3ccccc31)C(=O)N2. The zero-order chi connectivity index (χ0) is 17.6. The molecule has 0 aliphatic carbocycles. The van der Waals surface area contributed by atoms with Crippen LogP contribution in [0.3, 0.4) is 0 Å². The Balaban J connectivity index is 1.84. The molecule has 6 heteroatoms. The predicted molar refractivity (Wildman–Crippen MR) is 98.9 cm³/mol. The number of para-hydroxylation sites is 1. The van der Waals surface area contributed by atoms with Crippen LogP contribution in [0.15, 0.2) is 52.3 Å². The Bertz CT molecular complexity index is 936. The van der Waals surface area contributed by atoms with Crippen molar-refractivity contribution >= 4 is 40.5 Å². The Morgan fingerprint density at radius 3 is 2.76 bits per heavy atom. The summed E-state index contributed by atoms with van der Waals surface area (Å²) in [6.45, 7) is 2.49. The average molecular weight is 352 g/mol. The number of thioether (sulfide) groups is 1. The molecule has 4 rings (SSSR count). The van der Waals surface area contributed by atoms with E-state index in [-0.39, 0.29) is 11.8 Å². The van der Waals surface area contributed by atoms with Crippen LogP contribution in [0.25, 0.3) is 5.57 Å². The highest BCUT2D eigenvalue weighted by atomic mass is 32.2. The minimum absolute atomic E-state index is 0.164. The molecule has 126 valence electrons. The first-order valence-electron chi connectivity index (χ1n) is 7.98. The van der Waals surface area contributed by atoms with Gasteiger partial charge in [-0.25, -0.2) is 0 Å². The van der Waals surface area contributed by atoms with E-state index < -0.39 is 0 Å². The van der Waals surface area contributed by atoms with Gasteiger partial charge >= 0.3 is 0 Å². The first kappa shape index (κ1) is 15.8. The second kappa shape index (κ2) is 5.97. The van der Waals surface area contributed by atoms with Crippen molar-refractivity contribution in [2.24, 2.45) is 0 Å². The number of rotatable bonds is 2. The molecule has 0 fully saturated rings. The molecule has 0 spiro atoms. The highest BCUT2D eigenvalue weighted by molar-refractivity contribution is 8.04. The molecular formula is C19H16N2O3S. The van der Waals surface area contributed by atoms with Gasteiger partial charge in [-0.05, 0) is 31.2 Å². The molecule has 0 atom stereocenters. The van der Waals surface area contributed by atoms with Gasteiger partial charge in [0.05, 0.1) is 28.5 Å². The number of benzene rings is 2. The summed E-state index contributed by atoms with van der Waals surface area (Å²) in [4.78, 5) is 28.2. The van der Waals surface area contributed by atoms with Crippen molar-refractivity contribution < 1.29 is 14.3 Å². The second-order valence-corrected chi connectivity index (χ2v) is 6.78. The Labute approximate surface area is 149 Å². The van der Waals surface area contributed by atoms with E-state index in [9.17, 15) is 9.59 Å². The van der Waals surface area contributed by atoms with Crippen molar-refractivity contribution in [3.05, 3.63) is 52.9 Å². The van der Waals surface area contributed by atoms with Crippen LogP contribution >= 0.6 is 11.8 Å². The Kier molecular flexibility index (Phi) is 3.77. The van der Waals surface area contributed by atoms with Gasteiger partial charge in [-0.2, -0.15) is 0 Å². The molecule has 0 aromatic heterocycles. The summed E-state index contributed by atoms with van der Waals surface area (Å²) in [5.41, 5.74) is 2.79. The van der Waals surface area contributed by atoms with E-state index >= 15 is 0 Å². The molecule has 0 saturated carbocycles. The molecule has 5 nitrogen and oxygen atoms in total.